The van der Waals surface area contributed by atoms with Crippen LogP contribution in [0, 0.1) is 5.82 Å². The fourth-order valence-electron chi connectivity index (χ4n) is 2.30. The number of hydrogen-bond donors (Lipinski definition) is 0. The first-order chi connectivity index (χ1) is 9.45. The highest BCUT2D eigenvalue weighted by molar-refractivity contribution is 9.10. The van der Waals surface area contributed by atoms with E-state index in [4.69, 9.17) is 4.74 Å². The average molecular weight is 366 g/mol. The number of sulfonamides is 1. The Balaban J connectivity index is 2.15. The number of nitrogens with zero attached hydrogens (tertiary/aromatic N) is 1. The van der Waals surface area contributed by atoms with Gasteiger partial charge in [-0.1, -0.05) is 0 Å². The van der Waals surface area contributed by atoms with Crippen molar-refractivity contribution in [3.63, 3.8) is 0 Å². The van der Waals surface area contributed by atoms with Gasteiger partial charge in [0.1, 0.15) is 5.82 Å². The molecule has 4 nitrogen and oxygen atoms in total. The minimum atomic E-state index is -3.58. The molecule has 7 heteroatoms. The van der Waals surface area contributed by atoms with E-state index in [0.717, 1.165) is 6.07 Å². The van der Waals surface area contributed by atoms with E-state index in [1.807, 2.05) is 6.92 Å². The van der Waals surface area contributed by atoms with E-state index < -0.39 is 15.8 Å². The summed E-state index contributed by atoms with van der Waals surface area (Å²) in [6.07, 6.45) is 1.50. The zero-order valence-electron chi connectivity index (χ0n) is 11.2. The van der Waals surface area contributed by atoms with Gasteiger partial charge in [-0.2, -0.15) is 4.31 Å². The molecule has 20 heavy (non-hydrogen) atoms. The van der Waals surface area contributed by atoms with Crippen LogP contribution < -0.4 is 0 Å². The van der Waals surface area contributed by atoms with E-state index in [-0.39, 0.29) is 15.5 Å². The summed E-state index contributed by atoms with van der Waals surface area (Å²) in [6.45, 7) is 3.42. The van der Waals surface area contributed by atoms with E-state index in [0.29, 0.717) is 32.5 Å². The molecule has 0 amide bonds. The SMILES string of the molecule is CCOC1CCN(S(=O)(=O)c2ccc(F)cc2Br)CC1. The van der Waals surface area contributed by atoms with Crippen LogP contribution in [0.2, 0.25) is 0 Å². The largest absolute Gasteiger partial charge is 0.378 e. The van der Waals surface area contributed by atoms with Crippen molar-refractivity contribution in [1.29, 1.82) is 0 Å². The number of rotatable bonds is 4. The quantitative estimate of drug-likeness (QED) is 0.823. The fourth-order valence-corrected chi connectivity index (χ4v) is 4.78. The van der Waals surface area contributed by atoms with Gasteiger partial charge in [0.2, 0.25) is 10.0 Å². The second-order valence-corrected chi connectivity index (χ2v) is 7.39. The Morgan fingerprint density at radius 1 is 1.40 bits per heavy atom. The van der Waals surface area contributed by atoms with Gasteiger partial charge in [0.05, 0.1) is 11.0 Å². The monoisotopic (exact) mass is 365 g/mol. The zero-order valence-corrected chi connectivity index (χ0v) is 13.6. The maximum atomic E-state index is 13.1. The van der Waals surface area contributed by atoms with Crippen LogP contribution in [-0.2, 0) is 14.8 Å². The molecule has 1 heterocycles. The molecule has 1 aromatic rings. The average Bonchev–Trinajstić information content (AvgIpc) is 2.39. The van der Waals surface area contributed by atoms with Gasteiger partial charge >= 0.3 is 0 Å². The maximum Gasteiger partial charge on any atom is 0.244 e. The van der Waals surface area contributed by atoms with Gasteiger partial charge < -0.3 is 4.74 Å². The van der Waals surface area contributed by atoms with Gasteiger partial charge in [-0.15, -0.1) is 0 Å². The Kier molecular flexibility index (Phi) is 5.17. The van der Waals surface area contributed by atoms with Crippen molar-refractivity contribution >= 4 is 26.0 Å². The molecular formula is C13H17BrFNO3S. The summed E-state index contributed by atoms with van der Waals surface area (Å²) in [6, 6.07) is 3.62. The van der Waals surface area contributed by atoms with Crippen molar-refractivity contribution in [2.75, 3.05) is 19.7 Å². The molecule has 0 N–H and O–H groups in total. The normalized spacial score (nSPS) is 18.4. The van der Waals surface area contributed by atoms with Crippen molar-refractivity contribution in [2.24, 2.45) is 0 Å². The molecule has 1 aliphatic rings. The highest BCUT2D eigenvalue weighted by Crippen LogP contribution is 2.28. The molecule has 2 rings (SSSR count). The first kappa shape index (κ1) is 15.9. The number of piperidine rings is 1. The lowest BCUT2D eigenvalue weighted by molar-refractivity contribution is 0.0290. The molecule has 0 atom stereocenters. The third-order valence-corrected chi connectivity index (χ3v) is 6.19. The van der Waals surface area contributed by atoms with E-state index in [1.54, 1.807) is 0 Å². The summed E-state index contributed by atoms with van der Waals surface area (Å²) in [5.41, 5.74) is 0. The van der Waals surface area contributed by atoms with Crippen molar-refractivity contribution in [3.05, 3.63) is 28.5 Å². The van der Waals surface area contributed by atoms with Crippen LogP contribution in [0.1, 0.15) is 19.8 Å². The molecule has 0 spiro atoms. The Bertz CT molecular complexity index is 571. The fraction of sp³-hybridized carbons (Fsp3) is 0.538. The van der Waals surface area contributed by atoms with Crippen molar-refractivity contribution in [2.45, 2.75) is 30.8 Å². The van der Waals surface area contributed by atoms with Crippen LogP contribution in [-0.4, -0.2) is 38.5 Å². The lowest BCUT2D eigenvalue weighted by Gasteiger charge is -2.31. The Morgan fingerprint density at radius 2 is 2.05 bits per heavy atom. The number of hydrogen-bond acceptors (Lipinski definition) is 3. The third kappa shape index (κ3) is 3.39. The molecule has 0 aliphatic carbocycles. The van der Waals surface area contributed by atoms with Crippen molar-refractivity contribution in [3.8, 4) is 0 Å². The molecule has 0 bridgehead atoms. The summed E-state index contributed by atoms with van der Waals surface area (Å²) in [4.78, 5) is 0.105. The van der Waals surface area contributed by atoms with Gasteiger partial charge in [-0.3, -0.25) is 0 Å². The minimum absolute atomic E-state index is 0.105. The lowest BCUT2D eigenvalue weighted by atomic mass is 10.1. The third-order valence-electron chi connectivity index (χ3n) is 3.32. The molecule has 0 unspecified atom stereocenters. The molecule has 112 valence electrons. The van der Waals surface area contributed by atoms with Crippen molar-refractivity contribution in [1.82, 2.24) is 4.31 Å². The minimum Gasteiger partial charge on any atom is -0.378 e. The summed E-state index contributed by atoms with van der Waals surface area (Å²) in [5, 5.41) is 0. The molecule has 0 saturated carbocycles. The van der Waals surface area contributed by atoms with Crippen LogP contribution in [0.5, 0.6) is 0 Å². The van der Waals surface area contributed by atoms with Crippen LogP contribution in [0.25, 0.3) is 0 Å². The zero-order chi connectivity index (χ0) is 14.8. The molecule has 1 saturated heterocycles. The van der Waals surface area contributed by atoms with Crippen molar-refractivity contribution < 1.29 is 17.5 Å². The predicted octanol–water partition coefficient (Wildman–Crippen LogP) is 2.78. The second-order valence-electron chi connectivity index (χ2n) is 4.63. The molecule has 0 radical (unpaired) electrons. The first-order valence-electron chi connectivity index (χ1n) is 6.52. The summed E-state index contributed by atoms with van der Waals surface area (Å²) >= 11 is 3.12. The van der Waals surface area contributed by atoms with Crippen LogP contribution >= 0.6 is 15.9 Å². The van der Waals surface area contributed by atoms with Gasteiger partial charge in [0.25, 0.3) is 0 Å². The summed E-state index contributed by atoms with van der Waals surface area (Å²) in [5.74, 6) is -0.467. The molecule has 1 aromatic carbocycles. The molecule has 1 aliphatic heterocycles. The smallest absolute Gasteiger partial charge is 0.244 e. The molecular weight excluding hydrogens is 349 g/mol. The van der Waals surface area contributed by atoms with Gasteiger partial charge in [-0.25, -0.2) is 12.8 Å². The highest BCUT2D eigenvalue weighted by atomic mass is 79.9. The number of ether oxygens (including phenoxy) is 1. The maximum absolute atomic E-state index is 13.1. The Morgan fingerprint density at radius 3 is 2.60 bits per heavy atom. The van der Waals surface area contributed by atoms with Crippen LogP contribution in [0.4, 0.5) is 4.39 Å². The Hall–Kier alpha value is -0.500. The van der Waals surface area contributed by atoms with Gasteiger partial charge in [0, 0.05) is 24.2 Å². The summed E-state index contributed by atoms with van der Waals surface area (Å²) in [7, 11) is -3.58. The second kappa shape index (κ2) is 6.51. The van der Waals surface area contributed by atoms with E-state index >= 15 is 0 Å². The molecule has 0 aromatic heterocycles. The Labute approximate surface area is 127 Å². The van der Waals surface area contributed by atoms with Gasteiger partial charge in [0.15, 0.2) is 0 Å². The van der Waals surface area contributed by atoms with Crippen LogP contribution in [0.3, 0.4) is 0 Å². The standard InChI is InChI=1S/C13H17BrFNO3S/c1-2-19-11-5-7-16(8-6-11)20(17,18)13-4-3-10(15)9-12(13)14/h3-4,9,11H,2,5-8H2,1H3. The van der Waals surface area contributed by atoms with Crippen LogP contribution in [0.15, 0.2) is 27.6 Å². The summed E-state index contributed by atoms with van der Waals surface area (Å²) < 4.78 is 45.3. The number of benzene rings is 1. The predicted molar refractivity (Wildman–Crippen MR) is 77.5 cm³/mol. The van der Waals surface area contributed by atoms with E-state index in [2.05, 4.69) is 15.9 Å². The topological polar surface area (TPSA) is 46.6 Å². The van der Waals surface area contributed by atoms with E-state index in [1.165, 1.54) is 16.4 Å². The van der Waals surface area contributed by atoms with Gasteiger partial charge in [-0.05, 0) is 53.9 Å². The highest BCUT2D eigenvalue weighted by Gasteiger charge is 2.30. The first-order valence-corrected chi connectivity index (χ1v) is 8.75. The molecule has 1 fully saturated rings. The van der Waals surface area contributed by atoms with E-state index in [9.17, 15) is 12.8 Å². The number of halogens is 2. The lowest BCUT2D eigenvalue weighted by Crippen LogP contribution is -2.40.